The number of hydrogen-bond donors (Lipinski definition) is 0. The first kappa shape index (κ1) is 32.2. The third kappa shape index (κ3) is 4.75. The van der Waals surface area contributed by atoms with Gasteiger partial charge in [-0.25, -0.2) is 0 Å². The molecule has 7 rings (SSSR count). The summed E-state index contributed by atoms with van der Waals surface area (Å²) in [6.07, 6.45) is 7.09. The van der Waals surface area contributed by atoms with Crippen LogP contribution in [-0.4, -0.2) is 0 Å². The van der Waals surface area contributed by atoms with E-state index < -0.39 is 5.41 Å². The van der Waals surface area contributed by atoms with Gasteiger partial charge in [-0.15, -0.1) is 0 Å². The average Bonchev–Trinajstić information content (AvgIpc) is 3.51. The zero-order valence-electron chi connectivity index (χ0n) is 29.5. The molecule has 5 aromatic rings. The van der Waals surface area contributed by atoms with Crippen LogP contribution < -0.4 is 4.90 Å². The van der Waals surface area contributed by atoms with Crippen molar-refractivity contribution in [2.75, 3.05) is 4.90 Å². The third-order valence-electron chi connectivity index (χ3n) is 10.9. The minimum atomic E-state index is -0.392. The molecule has 0 N–H and O–H groups in total. The summed E-state index contributed by atoms with van der Waals surface area (Å²) in [5.41, 5.74) is 18.2. The number of hydrogen-bond acceptors (Lipinski definition) is 1. The van der Waals surface area contributed by atoms with E-state index in [0.717, 1.165) is 23.5 Å². The van der Waals surface area contributed by atoms with Gasteiger partial charge in [0, 0.05) is 22.5 Å². The van der Waals surface area contributed by atoms with Crippen LogP contribution in [0, 0.1) is 0 Å². The largest absolute Gasteiger partial charge is 0.315 e. The Morgan fingerprint density at radius 2 is 1.35 bits per heavy atom. The molecule has 2 aliphatic carbocycles. The fourth-order valence-electron chi connectivity index (χ4n) is 8.76. The molecule has 2 aliphatic rings. The Balaban J connectivity index is 1.34. The second kappa shape index (κ2) is 12.2. The van der Waals surface area contributed by atoms with Gasteiger partial charge in [-0.2, -0.15) is 0 Å². The van der Waals surface area contributed by atoms with Gasteiger partial charge in [0.2, 0.25) is 0 Å². The molecule has 0 spiro atoms. The summed E-state index contributed by atoms with van der Waals surface area (Å²) < 4.78 is 0. The van der Waals surface area contributed by atoms with Crippen LogP contribution in [0.3, 0.4) is 0 Å². The number of anilines is 2. The lowest BCUT2D eigenvalue weighted by atomic mass is 9.65. The maximum atomic E-state index is 4.42. The van der Waals surface area contributed by atoms with Gasteiger partial charge in [-0.05, 0) is 106 Å². The van der Waals surface area contributed by atoms with E-state index in [4.69, 9.17) is 0 Å². The van der Waals surface area contributed by atoms with Crippen LogP contribution in [-0.2, 0) is 10.8 Å². The molecule has 0 fully saturated rings. The van der Waals surface area contributed by atoms with E-state index in [0.29, 0.717) is 0 Å². The molecule has 242 valence electrons. The van der Waals surface area contributed by atoms with Crippen molar-refractivity contribution in [3.05, 3.63) is 198 Å². The highest BCUT2D eigenvalue weighted by Crippen LogP contribution is 2.57. The van der Waals surface area contributed by atoms with Crippen molar-refractivity contribution in [3.8, 4) is 22.3 Å². The standard InChI is InChI=1S/C48H45N/c1-9-18-35(10-2)48(36-19-13-12-14-20-36)33(6)39(11-3)46-40(22-17-24-44(46)48)34-25-27-37(28-26-34)49(32(4)5)38-29-30-42-41-21-15-16-23-43(41)47(7,8)45(42)31-38/h9,11-31H,1,3-4,10H2,2,5-8H3. The Morgan fingerprint density at radius 3 is 2.02 bits per heavy atom. The van der Waals surface area contributed by atoms with Crippen molar-refractivity contribution in [3.63, 3.8) is 0 Å². The van der Waals surface area contributed by atoms with E-state index in [2.05, 4.69) is 181 Å². The second-order valence-electron chi connectivity index (χ2n) is 13.9. The Labute approximate surface area is 293 Å². The summed E-state index contributed by atoms with van der Waals surface area (Å²) in [7, 11) is 0. The predicted octanol–water partition coefficient (Wildman–Crippen LogP) is 13.1. The highest BCUT2D eigenvalue weighted by molar-refractivity contribution is 5.96. The van der Waals surface area contributed by atoms with E-state index in [1.807, 2.05) is 12.2 Å². The Hall–Kier alpha value is -5.40. The van der Waals surface area contributed by atoms with Gasteiger partial charge >= 0.3 is 0 Å². The first-order valence-electron chi connectivity index (χ1n) is 17.4. The van der Waals surface area contributed by atoms with E-state index in [1.54, 1.807) is 0 Å². The second-order valence-corrected chi connectivity index (χ2v) is 13.9. The summed E-state index contributed by atoms with van der Waals surface area (Å²) >= 11 is 0. The lowest BCUT2D eigenvalue weighted by Gasteiger charge is -2.36. The molecule has 0 aromatic heterocycles. The Kier molecular flexibility index (Phi) is 8.04. The Bertz CT molecular complexity index is 2190. The average molecular weight is 636 g/mol. The van der Waals surface area contributed by atoms with Crippen LogP contribution in [0.1, 0.15) is 68.9 Å². The molecule has 49 heavy (non-hydrogen) atoms. The van der Waals surface area contributed by atoms with Crippen LogP contribution in [0.25, 0.3) is 27.8 Å². The van der Waals surface area contributed by atoms with Gasteiger partial charge in [0.1, 0.15) is 0 Å². The van der Waals surface area contributed by atoms with Crippen molar-refractivity contribution < 1.29 is 0 Å². The molecule has 5 aromatic carbocycles. The number of benzene rings is 5. The third-order valence-corrected chi connectivity index (χ3v) is 10.9. The zero-order chi connectivity index (χ0) is 34.5. The van der Waals surface area contributed by atoms with Gasteiger partial charge < -0.3 is 4.90 Å². The van der Waals surface area contributed by atoms with Crippen molar-refractivity contribution in [2.24, 2.45) is 0 Å². The first-order valence-corrected chi connectivity index (χ1v) is 17.4. The normalized spacial score (nSPS) is 17.3. The maximum absolute atomic E-state index is 4.42. The number of allylic oxidation sites excluding steroid dienone is 7. The molecule has 0 aliphatic heterocycles. The molecule has 0 amide bonds. The summed E-state index contributed by atoms with van der Waals surface area (Å²) in [5, 5.41) is 0. The van der Waals surface area contributed by atoms with Gasteiger partial charge in [0.25, 0.3) is 0 Å². The smallest absolute Gasteiger partial charge is 0.0636 e. The van der Waals surface area contributed by atoms with Crippen LogP contribution in [0.15, 0.2) is 170 Å². The van der Waals surface area contributed by atoms with Crippen molar-refractivity contribution in [1.29, 1.82) is 0 Å². The van der Waals surface area contributed by atoms with Crippen LogP contribution >= 0.6 is 0 Å². The Morgan fingerprint density at radius 1 is 0.714 bits per heavy atom. The van der Waals surface area contributed by atoms with Crippen molar-refractivity contribution in [1.82, 2.24) is 0 Å². The summed E-state index contributed by atoms with van der Waals surface area (Å²) in [4.78, 5) is 2.27. The van der Waals surface area contributed by atoms with E-state index >= 15 is 0 Å². The first-order chi connectivity index (χ1) is 23.7. The highest BCUT2D eigenvalue weighted by atomic mass is 15.1. The summed E-state index contributed by atoms with van der Waals surface area (Å²) in [5.74, 6) is 0. The van der Waals surface area contributed by atoms with Gasteiger partial charge in [-0.3, -0.25) is 0 Å². The number of fused-ring (bicyclic) bond motifs is 4. The molecule has 1 atom stereocenters. The van der Waals surface area contributed by atoms with E-state index in [-0.39, 0.29) is 5.41 Å². The minimum Gasteiger partial charge on any atom is -0.315 e. The fraction of sp³-hybridized carbons (Fsp3) is 0.167. The summed E-state index contributed by atoms with van der Waals surface area (Å²) in [6, 6.07) is 42.3. The van der Waals surface area contributed by atoms with Crippen molar-refractivity contribution in [2.45, 2.75) is 51.9 Å². The molecule has 1 nitrogen and oxygen atoms in total. The highest BCUT2D eigenvalue weighted by Gasteiger charge is 2.46. The zero-order valence-corrected chi connectivity index (χ0v) is 29.5. The van der Waals surface area contributed by atoms with E-state index in [9.17, 15) is 0 Å². The molecule has 0 bridgehead atoms. The fourth-order valence-corrected chi connectivity index (χ4v) is 8.76. The molecule has 0 radical (unpaired) electrons. The van der Waals surface area contributed by atoms with E-state index in [1.165, 1.54) is 66.8 Å². The number of rotatable bonds is 9. The topological polar surface area (TPSA) is 3.24 Å². The molecule has 0 saturated carbocycles. The molecular formula is C48H45N. The van der Waals surface area contributed by atoms with Crippen molar-refractivity contribution >= 4 is 16.9 Å². The molecule has 1 heteroatoms. The SMILES string of the molecule is C=CC=C(CC)C1(c2ccccc2)C(C)=C(C=C)c2c(-c3ccc(N(C(=C)C)c4ccc5c(c4)C(C)(C)c4ccccc4-5)cc3)cccc21. The van der Waals surface area contributed by atoms with Gasteiger partial charge in [-0.1, -0.05) is 155 Å². The quantitative estimate of drug-likeness (QED) is 0.146. The molecule has 1 unspecified atom stereocenters. The van der Waals surface area contributed by atoms with Crippen LogP contribution in [0.2, 0.25) is 0 Å². The maximum Gasteiger partial charge on any atom is 0.0636 e. The predicted molar refractivity (Wildman–Crippen MR) is 211 cm³/mol. The molecule has 0 saturated heterocycles. The number of nitrogens with zero attached hydrogens (tertiary/aromatic N) is 1. The lowest BCUT2D eigenvalue weighted by molar-refractivity contribution is 0.660. The monoisotopic (exact) mass is 635 g/mol. The lowest BCUT2D eigenvalue weighted by Crippen LogP contribution is -2.30. The van der Waals surface area contributed by atoms with Gasteiger partial charge in [0.15, 0.2) is 0 Å². The van der Waals surface area contributed by atoms with Gasteiger partial charge in [0.05, 0.1) is 5.41 Å². The molecule has 0 heterocycles. The molecular weight excluding hydrogens is 591 g/mol. The minimum absolute atomic E-state index is 0.0673. The van der Waals surface area contributed by atoms with Crippen LogP contribution in [0.5, 0.6) is 0 Å². The van der Waals surface area contributed by atoms with Crippen LogP contribution in [0.4, 0.5) is 11.4 Å². The summed E-state index contributed by atoms with van der Waals surface area (Å²) in [6.45, 7) is 24.1.